The van der Waals surface area contributed by atoms with Crippen LogP contribution in [0.1, 0.15) is 48.5 Å². The van der Waals surface area contributed by atoms with E-state index in [1.54, 1.807) is 0 Å². The van der Waals surface area contributed by atoms with Crippen LogP contribution < -0.4 is 0 Å². The van der Waals surface area contributed by atoms with Gasteiger partial charge in [0.2, 0.25) is 0 Å². The van der Waals surface area contributed by atoms with Crippen LogP contribution in [0.2, 0.25) is 0 Å². The van der Waals surface area contributed by atoms with E-state index in [2.05, 4.69) is 63.2 Å². The Morgan fingerprint density at radius 3 is 1.20 bits per heavy atom. The van der Waals surface area contributed by atoms with E-state index in [4.69, 9.17) is 0 Å². The molecular weight excluding hydrogens is 246 g/mol. The zero-order valence-corrected chi connectivity index (χ0v) is 15.2. The number of rotatable bonds is 12. The highest BCUT2D eigenvalue weighted by atomic mass is 15.2. The van der Waals surface area contributed by atoms with Crippen LogP contribution >= 0.6 is 0 Å². The van der Waals surface area contributed by atoms with Crippen LogP contribution in [0.15, 0.2) is 0 Å². The predicted molar refractivity (Wildman–Crippen MR) is 91.4 cm³/mol. The zero-order valence-electron chi connectivity index (χ0n) is 15.2. The molecule has 0 fully saturated rings. The van der Waals surface area contributed by atoms with Crippen molar-refractivity contribution < 1.29 is 0 Å². The second-order valence-electron chi connectivity index (χ2n) is 6.07. The minimum atomic E-state index is 0.668. The fourth-order valence-electron chi connectivity index (χ4n) is 2.56. The minimum absolute atomic E-state index is 0.668. The molecule has 0 saturated carbocycles. The quantitative estimate of drug-likeness (QED) is 0.546. The van der Waals surface area contributed by atoms with E-state index in [1.807, 2.05) is 0 Å². The van der Waals surface area contributed by atoms with Crippen molar-refractivity contribution in [1.82, 2.24) is 14.7 Å². The van der Waals surface area contributed by atoms with Crippen LogP contribution in [-0.4, -0.2) is 73.1 Å². The van der Waals surface area contributed by atoms with Crippen LogP contribution in [-0.2, 0) is 0 Å². The summed E-state index contributed by atoms with van der Waals surface area (Å²) in [4.78, 5) is 7.73. The molecule has 1 atom stereocenters. The van der Waals surface area contributed by atoms with Crippen molar-refractivity contribution in [2.75, 3.05) is 52.4 Å². The number of hydrogen-bond acceptors (Lipinski definition) is 3. The maximum Gasteiger partial charge on any atom is 0.0113 e. The minimum Gasteiger partial charge on any atom is -0.303 e. The summed E-state index contributed by atoms with van der Waals surface area (Å²) >= 11 is 0. The lowest BCUT2D eigenvalue weighted by molar-refractivity contribution is 0.127. The Labute approximate surface area is 128 Å². The molecule has 1 unspecified atom stereocenters. The summed E-state index contributed by atoms with van der Waals surface area (Å²) < 4.78 is 0. The molecule has 0 aromatic heterocycles. The number of nitrogens with zero attached hydrogens (tertiary/aromatic N) is 3. The van der Waals surface area contributed by atoms with Crippen molar-refractivity contribution in [3.8, 4) is 0 Å². The maximum absolute atomic E-state index is 2.68. The van der Waals surface area contributed by atoms with Gasteiger partial charge in [0, 0.05) is 32.2 Å². The summed E-state index contributed by atoms with van der Waals surface area (Å²) in [7, 11) is 0. The highest BCUT2D eigenvalue weighted by molar-refractivity contribution is 4.73. The lowest BCUT2D eigenvalue weighted by atomic mass is 10.0. The maximum atomic E-state index is 2.68. The number of hydrogen-bond donors (Lipinski definition) is 0. The molecule has 3 heteroatoms. The molecule has 0 aliphatic carbocycles. The van der Waals surface area contributed by atoms with Crippen molar-refractivity contribution in [2.45, 2.75) is 54.5 Å². The molecule has 0 rings (SSSR count). The van der Waals surface area contributed by atoms with Crippen LogP contribution in [0.5, 0.6) is 0 Å². The van der Waals surface area contributed by atoms with Crippen molar-refractivity contribution >= 4 is 0 Å². The summed E-state index contributed by atoms with van der Waals surface area (Å²) in [6, 6.07) is 0.668. The Hall–Kier alpha value is -0.120. The molecule has 0 heterocycles. The molecule has 0 amide bonds. The Morgan fingerprint density at radius 1 is 0.600 bits per heavy atom. The molecule has 20 heavy (non-hydrogen) atoms. The Kier molecular flexibility index (Phi) is 11.5. The summed E-state index contributed by atoms with van der Waals surface area (Å²) in [5.74, 6) is 0.725. The third-order valence-corrected chi connectivity index (χ3v) is 4.74. The summed E-state index contributed by atoms with van der Waals surface area (Å²) in [6.07, 6.45) is 0. The molecular formula is C17H39N3. The summed E-state index contributed by atoms with van der Waals surface area (Å²) in [5, 5.41) is 0. The van der Waals surface area contributed by atoms with E-state index in [-0.39, 0.29) is 0 Å². The standard InChI is InChI=1S/C17H39N3/c1-8-18(9-2)12-14-20(17(7)16(5)6)15-13-19(10-3)11-4/h16-17H,8-15H2,1-7H3. The Bertz CT molecular complexity index is 194. The van der Waals surface area contributed by atoms with Crippen LogP contribution in [0.25, 0.3) is 0 Å². The van der Waals surface area contributed by atoms with Gasteiger partial charge in [-0.1, -0.05) is 41.5 Å². The average Bonchev–Trinajstić information content (AvgIpc) is 2.46. The fourth-order valence-corrected chi connectivity index (χ4v) is 2.56. The van der Waals surface area contributed by atoms with E-state index in [0.717, 1.165) is 32.1 Å². The molecule has 0 aromatic rings. The van der Waals surface area contributed by atoms with Gasteiger partial charge in [-0.25, -0.2) is 0 Å². The predicted octanol–water partition coefficient (Wildman–Crippen LogP) is 3.02. The molecule has 0 N–H and O–H groups in total. The third kappa shape index (κ3) is 7.61. The fraction of sp³-hybridized carbons (Fsp3) is 1.00. The molecule has 122 valence electrons. The van der Waals surface area contributed by atoms with Gasteiger partial charge in [0.1, 0.15) is 0 Å². The Morgan fingerprint density at radius 2 is 0.950 bits per heavy atom. The first kappa shape index (κ1) is 19.9. The van der Waals surface area contributed by atoms with Gasteiger partial charge in [-0.3, -0.25) is 4.90 Å². The lowest BCUT2D eigenvalue weighted by Crippen LogP contribution is -2.45. The summed E-state index contributed by atoms with van der Waals surface area (Å²) in [5.41, 5.74) is 0. The Balaban J connectivity index is 4.41. The normalized spacial score (nSPS) is 13.9. The molecule has 0 radical (unpaired) electrons. The first-order chi connectivity index (χ1) is 9.49. The second kappa shape index (κ2) is 11.5. The van der Waals surface area contributed by atoms with Crippen molar-refractivity contribution in [3.63, 3.8) is 0 Å². The molecule has 0 aliphatic heterocycles. The molecule has 0 aromatic carbocycles. The molecule has 0 saturated heterocycles. The lowest BCUT2D eigenvalue weighted by Gasteiger charge is -2.35. The van der Waals surface area contributed by atoms with E-state index in [0.29, 0.717) is 6.04 Å². The van der Waals surface area contributed by atoms with Crippen LogP contribution in [0.4, 0.5) is 0 Å². The highest BCUT2D eigenvalue weighted by Gasteiger charge is 2.18. The average molecular weight is 286 g/mol. The molecule has 3 nitrogen and oxygen atoms in total. The highest BCUT2D eigenvalue weighted by Crippen LogP contribution is 2.10. The van der Waals surface area contributed by atoms with Gasteiger partial charge >= 0.3 is 0 Å². The van der Waals surface area contributed by atoms with Gasteiger partial charge in [0.25, 0.3) is 0 Å². The van der Waals surface area contributed by atoms with Crippen molar-refractivity contribution in [3.05, 3.63) is 0 Å². The van der Waals surface area contributed by atoms with Crippen LogP contribution in [0, 0.1) is 5.92 Å². The van der Waals surface area contributed by atoms with Gasteiger partial charge in [-0.15, -0.1) is 0 Å². The monoisotopic (exact) mass is 285 g/mol. The topological polar surface area (TPSA) is 9.72 Å². The second-order valence-corrected chi connectivity index (χ2v) is 6.07. The van der Waals surface area contributed by atoms with Gasteiger partial charge in [-0.2, -0.15) is 0 Å². The molecule has 0 bridgehead atoms. The SMILES string of the molecule is CCN(CC)CCN(CCN(CC)CC)C(C)C(C)C. The van der Waals surface area contributed by atoms with Crippen molar-refractivity contribution in [2.24, 2.45) is 5.92 Å². The van der Waals surface area contributed by atoms with Gasteiger partial charge < -0.3 is 9.80 Å². The van der Waals surface area contributed by atoms with E-state index in [1.165, 1.54) is 26.2 Å². The van der Waals surface area contributed by atoms with Gasteiger partial charge in [-0.05, 0) is 39.0 Å². The molecule has 0 spiro atoms. The van der Waals surface area contributed by atoms with Crippen molar-refractivity contribution in [1.29, 1.82) is 0 Å². The molecule has 0 aliphatic rings. The van der Waals surface area contributed by atoms with E-state index >= 15 is 0 Å². The summed E-state index contributed by atoms with van der Waals surface area (Å²) in [6.45, 7) is 25.5. The van der Waals surface area contributed by atoms with Gasteiger partial charge in [0.05, 0.1) is 0 Å². The third-order valence-electron chi connectivity index (χ3n) is 4.74. The first-order valence-corrected chi connectivity index (χ1v) is 8.68. The zero-order chi connectivity index (χ0) is 15.5. The van der Waals surface area contributed by atoms with E-state index < -0.39 is 0 Å². The van der Waals surface area contributed by atoms with Gasteiger partial charge in [0.15, 0.2) is 0 Å². The van der Waals surface area contributed by atoms with Crippen LogP contribution in [0.3, 0.4) is 0 Å². The largest absolute Gasteiger partial charge is 0.303 e. The smallest absolute Gasteiger partial charge is 0.0113 e. The first-order valence-electron chi connectivity index (χ1n) is 8.68. The number of likely N-dealkylation sites (N-methyl/N-ethyl adjacent to an activating group) is 2. The van der Waals surface area contributed by atoms with E-state index in [9.17, 15) is 0 Å².